The molecule has 0 saturated carbocycles. The van der Waals surface area contributed by atoms with Crippen molar-refractivity contribution in [3.05, 3.63) is 83.4 Å². The maximum Gasteiger partial charge on any atom is 0.260 e. The van der Waals surface area contributed by atoms with Crippen LogP contribution in [-0.2, 0) is 6.54 Å². The van der Waals surface area contributed by atoms with Crippen LogP contribution < -0.4 is 9.64 Å². The molecule has 9 heteroatoms. The van der Waals surface area contributed by atoms with Crippen molar-refractivity contribution < 1.29 is 9.53 Å². The Morgan fingerprint density at radius 3 is 2.72 bits per heavy atom. The van der Waals surface area contributed by atoms with E-state index in [0.29, 0.717) is 39.0 Å². The predicted molar refractivity (Wildman–Crippen MR) is 125 cm³/mol. The second-order valence-electron chi connectivity index (χ2n) is 6.94. The Bertz CT molecular complexity index is 1440. The number of amides is 1. The van der Waals surface area contributed by atoms with E-state index in [1.54, 1.807) is 67.1 Å². The van der Waals surface area contributed by atoms with Gasteiger partial charge in [-0.2, -0.15) is 0 Å². The Balaban J connectivity index is 1.62. The highest BCUT2D eigenvalue weighted by atomic mass is 35.5. The third kappa shape index (κ3) is 3.74. The Morgan fingerprint density at radius 2 is 1.94 bits per heavy atom. The number of aromatic nitrogens is 4. The lowest BCUT2D eigenvalue weighted by Gasteiger charge is -2.20. The SMILES string of the molecule is COc1ccc(Cl)c2sc(N(Cc3cccnc3)C(=O)c3ccc4nccnc4c3)nc12. The van der Waals surface area contributed by atoms with Gasteiger partial charge in [-0.25, -0.2) is 4.98 Å². The molecule has 5 aromatic rings. The summed E-state index contributed by atoms with van der Waals surface area (Å²) in [6, 6.07) is 12.6. The van der Waals surface area contributed by atoms with Gasteiger partial charge in [-0.1, -0.05) is 29.0 Å². The Labute approximate surface area is 192 Å². The standard InChI is InChI=1S/C23H16ClN5O2S/c1-31-19-7-5-16(24)21-20(19)28-23(32-21)29(13-14-3-2-8-25-12-14)22(30)15-4-6-17-18(11-15)27-10-9-26-17/h2-12H,13H2,1H3. The summed E-state index contributed by atoms with van der Waals surface area (Å²) in [6.07, 6.45) is 6.65. The molecule has 0 bridgehead atoms. The molecule has 3 aromatic heterocycles. The number of halogens is 1. The van der Waals surface area contributed by atoms with Crippen LogP contribution in [0.15, 0.2) is 67.3 Å². The minimum Gasteiger partial charge on any atom is -0.494 e. The van der Waals surface area contributed by atoms with Crippen LogP contribution in [0, 0.1) is 0 Å². The molecule has 0 N–H and O–H groups in total. The second kappa shape index (κ2) is 8.49. The van der Waals surface area contributed by atoms with Crippen molar-refractivity contribution >= 4 is 55.2 Å². The van der Waals surface area contributed by atoms with Gasteiger partial charge in [-0.3, -0.25) is 24.6 Å². The van der Waals surface area contributed by atoms with Crippen molar-refractivity contribution in [2.24, 2.45) is 0 Å². The Kier molecular flexibility index (Phi) is 5.38. The molecule has 0 aliphatic carbocycles. The third-order valence-electron chi connectivity index (χ3n) is 4.92. The normalized spacial score (nSPS) is 11.1. The van der Waals surface area contributed by atoms with Gasteiger partial charge in [0.15, 0.2) is 5.13 Å². The number of rotatable bonds is 5. The van der Waals surface area contributed by atoms with Crippen molar-refractivity contribution in [3.63, 3.8) is 0 Å². The summed E-state index contributed by atoms with van der Waals surface area (Å²) in [5.41, 5.74) is 3.35. The molecule has 0 saturated heterocycles. The highest BCUT2D eigenvalue weighted by Gasteiger charge is 2.24. The van der Waals surface area contributed by atoms with Crippen LogP contribution in [0.2, 0.25) is 5.02 Å². The number of hydrogen-bond donors (Lipinski definition) is 0. The number of carbonyl (C=O) groups excluding carboxylic acids is 1. The first-order valence-corrected chi connectivity index (χ1v) is 10.9. The molecule has 0 aliphatic heterocycles. The molecule has 3 heterocycles. The minimum absolute atomic E-state index is 0.212. The zero-order chi connectivity index (χ0) is 22.1. The largest absolute Gasteiger partial charge is 0.494 e. The average Bonchev–Trinajstić information content (AvgIpc) is 3.29. The van der Waals surface area contributed by atoms with Gasteiger partial charge in [0.1, 0.15) is 11.3 Å². The molecule has 32 heavy (non-hydrogen) atoms. The van der Waals surface area contributed by atoms with E-state index in [1.165, 1.54) is 11.3 Å². The lowest BCUT2D eigenvalue weighted by atomic mass is 10.1. The van der Waals surface area contributed by atoms with E-state index in [9.17, 15) is 4.79 Å². The first-order chi connectivity index (χ1) is 15.6. The molecular formula is C23H16ClN5O2S. The van der Waals surface area contributed by atoms with E-state index in [1.807, 2.05) is 12.1 Å². The topological polar surface area (TPSA) is 81.1 Å². The van der Waals surface area contributed by atoms with Crippen molar-refractivity contribution in [1.29, 1.82) is 0 Å². The van der Waals surface area contributed by atoms with E-state index in [2.05, 4.69) is 15.0 Å². The first kappa shape index (κ1) is 20.3. The summed E-state index contributed by atoms with van der Waals surface area (Å²) >= 11 is 7.75. The molecule has 0 atom stereocenters. The van der Waals surface area contributed by atoms with Crippen LogP contribution in [0.25, 0.3) is 21.3 Å². The molecule has 0 unspecified atom stereocenters. The molecule has 7 nitrogen and oxygen atoms in total. The molecule has 0 radical (unpaired) electrons. The zero-order valence-electron chi connectivity index (χ0n) is 16.9. The average molecular weight is 462 g/mol. The molecule has 0 aliphatic rings. The van der Waals surface area contributed by atoms with E-state index < -0.39 is 0 Å². The first-order valence-electron chi connectivity index (χ1n) is 9.68. The molecule has 0 fully saturated rings. The summed E-state index contributed by atoms with van der Waals surface area (Å²) < 4.78 is 6.20. The van der Waals surface area contributed by atoms with Crippen LogP contribution in [0.1, 0.15) is 15.9 Å². The van der Waals surface area contributed by atoms with Crippen LogP contribution in [0.4, 0.5) is 5.13 Å². The Hall–Kier alpha value is -3.62. The fourth-order valence-electron chi connectivity index (χ4n) is 3.37. The lowest BCUT2D eigenvalue weighted by molar-refractivity contribution is 0.0985. The number of anilines is 1. The van der Waals surface area contributed by atoms with E-state index in [0.717, 1.165) is 15.8 Å². The van der Waals surface area contributed by atoms with E-state index in [4.69, 9.17) is 21.3 Å². The van der Waals surface area contributed by atoms with Crippen LogP contribution in [-0.4, -0.2) is 33.0 Å². The monoisotopic (exact) mass is 461 g/mol. The summed E-state index contributed by atoms with van der Waals surface area (Å²) in [4.78, 5) is 32.8. The third-order valence-corrected chi connectivity index (χ3v) is 6.46. The van der Waals surface area contributed by atoms with Gasteiger partial charge < -0.3 is 4.74 Å². The highest BCUT2D eigenvalue weighted by molar-refractivity contribution is 7.23. The maximum absolute atomic E-state index is 13.7. The van der Waals surface area contributed by atoms with Gasteiger partial charge in [-0.15, -0.1) is 0 Å². The highest BCUT2D eigenvalue weighted by Crippen LogP contribution is 2.39. The van der Waals surface area contributed by atoms with Gasteiger partial charge in [0.2, 0.25) is 0 Å². The van der Waals surface area contributed by atoms with E-state index >= 15 is 0 Å². The fourth-order valence-corrected chi connectivity index (χ4v) is 4.63. The number of ether oxygens (including phenoxy) is 1. The quantitative estimate of drug-likeness (QED) is 0.360. The number of hydrogen-bond acceptors (Lipinski definition) is 7. The van der Waals surface area contributed by atoms with Gasteiger partial charge in [0.25, 0.3) is 5.91 Å². The van der Waals surface area contributed by atoms with Gasteiger partial charge in [-0.05, 0) is 42.0 Å². The van der Waals surface area contributed by atoms with Gasteiger partial charge >= 0.3 is 0 Å². The predicted octanol–water partition coefficient (Wildman–Crippen LogP) is 5.14. The van der Waals surface area contributed by atoms with Crippen LogP contribution in [0.5, 0.6) is 5.75 Å². The van der Waals surface area contributed by atoms with Gasteiger partial charge in [0.05, 0.1) is 34.4 Å². The number of benzene rings is 2. The number of thiazole rings is 1. The zero-order valence-corrected chi connectivity index (χ0v) is 18.5. The molecule has 1 amide bonds. The summed E-state index contributed by atoms with van der Waals surface area (Å²) in [7, 11) is 1.58. The summed E-state index contributed by atoms with van der Waals surface area (Å²) in [5.74, 6) is 0.386. The van der Waals surface area contributed by atoms with Crippen LogP contribution in [0.3, 0.4) is 0 Å². The number of nitrogens with zero attached hydrogens (tertiary/aromatic N) is 5. The number of carbonyl (C=O) groups is 1. The fraction of sp³-hybridized carbons (Fsp3) is 0.0870. The maximum atomic E-state index is 13.7. The van der Waals surface area contributed by atoms with Crippen molar-refractivity contribution in [3.8, 4) is 5.75 Å². The molecule has 5 rings (SSSR count). The number of fused-ring (bicyclic) bond motifs is 2. The lowest BCUT2D eigenvalue weighted by Crippen LogP contribution is -2.30. The van der Waals surface area contributed by atoms with Crippen LogP contribution >= 0.6 is 22.9 Å². The van der Waals surface area contributed by atoms with Gasteiger partial charge in [0, 0.05) is 30.4 Å². The molecular weight excluding hydrogens is 446 g/mol. The molecule has 2 aromatic carbocycles. The number of pyridine rings is 1. The van der Waals surface area contributed by atoms with Crippen molar-refractivity contribution in [1.82, 2.24) is 19.9 Å². The van der Waals surface area contributed by atoms with E-state index in [-0.39, 0.29) is 5.91 Å². The second-order valence-corrected chi connectivity index (χ2v) is 8.32. The Morgan fingerprint density at radius 1 is 1.09 bits per heavy atom. The molecule has 158 valence electrons. The van der Waals surface area contributed by atoms with Crippen molar-refractivity contribution in [2.45, 2.75) is 6.54 Å². The number of methoxy groups -OCH3 is 1. The summed E-state index contributed by atoms with van der Waals surface area (Å²) in [5, 5.41) is 1.07. The summed E-state index contributed by atoms with van der Waals surface area (Å²) in [6.45, 7) is 0.297. The smallest absolute Gasteiger partial charge is 0.260 e. The molecule has 0 spiro atoms. The minimum atomic E-state index is -0.212. The van der Waals surface area contributed by atoms with Crippen molar-refractivity contribution in [2.75, 3.05) is 12.0 Å².